The second-order valence-corrected chi connectivity index (χ2v) is 6.59. The van der Waals surface area contributed by atoms with Crippen LogP contribution in [0, 0.1) is 0 Å². The van der Waals surface area contributed by atoms with E-state index in [-0.39, 0.29) is 24.4 Å². The zero-order valence-electron chi connectivity index (χ0n) is 15.1. The molecular weight excluding hydrogens is 355 g/mol. The molecule has 2 atom stereocenters. The van der Waals surface area contributed by atoms with E-state index < -0.39 is 6.36 Å². The average molecular weight is 379 g/mol. The van der Waals surface area contributed by atoms with Crippen LogP contribution in [0.15, 0.2) is 48.5 Å². The SMILES string of the molecule is CNc1ccc(OC(F)(F)F)c(CN[C@H]2CCCN[C@H]2c2ccccc2)c1. The van der Waals surface area contributed by atoms with Crippen molar-refractivity contribution in [3.63, 3.8) is 0 Å². The van der Waals surface area contributed by atoms with Crippen LogP contribution in [0.4, 0.5) is 18.9 Å². The average Bonchev–Trinajstić information content (AvgIpc) is 2.67. The Balaban J connectivity index is 1.76. The van der Waals surface area contributed by atoms with Gasteiger partial charge in [0.1, 0.15) is 5.75 Å². The number of benzene rings is 2. The van der Waals surface area contributed by atoms with Crippen LogP contribution in [0.3, 0.4) is 0 Å². The van der Waals surface area contributed by atoms with Gasteiger partial charge in [-0.3, -0.25) is 0 Å². The van der Waals surface area contributed by atoms with Crippen molar-refractivity contribution in [1.29, 1.82) is 0 Å². The molecule has 0 amide bonds. The Morgan fingerprint density at radius 3 is 2.63 bits per heavy atom. The van der Waals surface area contributed by atoms with Crippen LogP contribution in [-0.2, 0) is 6.54 Å². The Bertz CT molecular complexity index is 737. The minimum Gasteiger partial charge on any atom is -0.405 e. The highest BCUT2D eigenvalue weighted by molar-refractivity contribution is 5.51. The van der Waals surface area contributed by atoms with Crippen LogP contribution < -0.4 is 20.7 Å². The molecule has 27 heavy (non-hydrogen) atoms. The summed E-state index contributed by atoms with van der Waals surface area (Å²) in [4.78, 5) is 0. The number of hydrogen-bond donors (Lipinski definition) is 3. The van der Waals surface area contributed by atoms with Gasteiger partial charge in [-0.05, 0) is 43.1 Å². The number of piperidine rings is 1. The summed E-state index contributed by atoms with van der Waals surface area (Å²) in [5.74, 6) is -0.172. The molecule has 0 aliphatic carbocycles. The maximum Gasteiger partial charge on any atom is 0.573 e. The first-order valence-electron chi connectivity index (χ1n) is 9.04. The smallest absolute Gasteiger partial charge is 0.405 e. The summed E-state index contributed by atoms with van der Waals surface area (Å²) in [6.45, 7) is 1.21. The van der Waals surface area contributed by atoms with Gasteiger partial charge in [-0.25, -0.2) is 0 Å². The van der Waals surface area contributed by atoms with E-state index in [1.165, 1.54) is 11.6 Å². The van der Waals surface area contributed by atoms with Gasteiger partial charge >= 0.3 is 6.36 Å². The van der Waals surface area contributed by atoms with Gasteiger partial charge in [0.25, 0.3) is 0 Å². The third kappa shape index (κ3) is 5.37. The first kappa shape index (κ1) is 19.5. The van der Waals surface area contributed by atoms with E-state index >= 15 is 0 Å². The summed E-state index contributed by atoms with van der Waals surface area (Å²) in [6.07, 6.45) is -2.74. The molecule has 1 aliphatic heterocycles. The molecule has 1 heterocycles. The van der Waals surface area contributed by atoms with Crippen molar-refractivity contribution in [3.8, 4) is 5.75 Å². The highest BCUT2D eigenvalue weighted by Crippen LogP contribution is 2.30. The summed E-state index contributed by atoms with van der Waals surface area (Å²) in [5.41, 5.74) is 2.38. The van der Waals surface area contributed by atoms with E-state index in [1.54, 1.807) is 19.2 Å². The monoisotopic (exact) mass is 379 g/mol. The largest absolute Gasteiger partial charge is 0.573 e. The second-order valence-electron chi connectivity index (χ2n) is 6.59. The molecular formula is C20H24F3N3O. The Hall–Kier alpha value is -2.25. The van der Waals surface area contributed by atoms with E-state index in [1.807, 2.05) is 18.2 Å². The fourth-order valence-electron chi connectivity index (χ4n) is 3.46. The summed E-state index contributed by atoms with van der Waals surface area (Å²) in [6, 6.07) is 14.9. The summed E-state index contributed by atoms with van der Waals surface area (Å²) < 4.78 is 42.3. The minimum absolute atomic E-state index is 0.123. The van der Waals surface area contributed by atoms with Crippen LogP contribution >= 0.6 is 0 Å². The van der Waals surface area contributed by atoms with E-state index in [0.29, 0.717) is 5.56 Å². The molecule has 0 saturated carbocycles. The quantitative estimate of drug-likeness (QED) is 0.704. The summed E-state index contributed by atoms with van der Waals surface area (Å²) >= 11 is 0. The van der Waals surface area contributed by atoms with E-state index in [2.05, 4.69) is 32.8 Å². The molecule has 1 saturated heterocycles. The lowest BCUT2D eigenvalue weighted by Crippen LogP contribution is -2.45. The van der Waals surface area contributed by atoms with Crippen molar-refractivity contribution >= 4 is 5.69 Å². The van der Waals surface area contributed by atoms with Crippen molar-refractivity contribution in [3.05, 3.63) is 59.7 Å². The number of halogens is 3. The van der Waals surface area contributed by atoms with Crippen molar-refractivity contribution in [2.45, 2.75) is 37.8 Å². The Kier molecular flexibility index (Phi) is 6.23. The molecule has 7 heteroatoms. The van der Waals surface area contributed by atoms with Gasteiger partial charge in [0.2, 0.25) is 0 Å². The van der Waals surface area contributed by atoms with Gasteiger partial charge in [-0.2, -0.15) is 0 Å². The van der Waals surface area contributed by atoms with E-state index in [4.69, 9.17) is 0 Å². The first-order chi connectivity index (χ1) is 13.0. The zero-order chi connectivity index (χ0) is 19.3. The summed E-state index contributed by atoms with van der Waals surface area (Å²) in [7, 11) is 1.73. The van der Waals surface area contributed by atoms with Crippen LogP contribution in [0.25, 0.3) is 0 Å². The van der Waals surface area contributed by atoms with Crippen molar-refractivity contribution in [2.24, 2.45) is 0 Å². The highest BCUT2D eigenvalue weighted by atomic mass is 19.4. The van der Waals surface area contributed by atoms with Crippen LogP contribution in [0.2, 0.25) is 0 Å². The number of nitrogens with one attached hydrogen (secondary N) is 3. The molecule has 0 unspecified atom stereocenters. The molecule has 0 bridgehead atoms. The molecule has 3 rings (SSSR count). The lowest BCUT2D eigenvalue weighted by atomic mass is 9.92. The van der Waals surface area contributed by atoms with Gasteiger partial charge in [0.05, 0.1) is 0 Å². The standard InChI is InChI=1S/C20H24F3N3O/c1-24-16-9-10-18(27-20(21,22)23)15(12-16)13-26-17-8-5-11-25-19(17)14-6-3-2-4-7-14/h2-4,6-7,9-10,12,17,19,24-26H,5,8,11,13H2,1H3/t17-,19-/m0/s1. The predicted octanol–water partition coefficient (Wildman–Crippen LogP) is 4.21. The maximum atomic E-state index is 12.7. The van der Waals surface area contributed by atoms with Crippen molar-refractivity contribution in [2.75, 3.05) is 18.9 Å². The van der Waals surface area contributed by atoms with E-state index in [9.17, 15) is 13.2 Å². The Morgan fingerprint density at radius 1 is 1.15 bits per heavy atom. The fraction of sp³-hybridized carbons (Fsp3) is 0.400. The minimum atomic E-state index is -4.71. The number of ether oxygens (including phenoxy) is 1. The predicted molar refractivity (Wildman–Crippen MR) is 99.7 cm³/mol. The molecule has 146 valence electrons. The van der Waals surface area contributed by atoms with Crippen LogP contribution in [-0.4, -0.2) is 26.0 Å². The van der Waals surface area contributed by atoms with Gasteiger partial charge in [-0.15, -0.1) is 13.2 Å². The number of alkyl halides is 3. The number of rotatable bonds is 6. The van der Waals surface area contributed by atoms with Crippen LogP contribution in [0.5, 0.6) is 5.75 Å². The third-order valence-electron chi connectivity index (χ3n) is 4.75. The normalized spacial score (nSPS) is 20.3. The lowest BCUT2D eigenvalue weighted by Gasteiger charge is -2.34. The van der Waals surface area contributed by atoms with E-state index in [0.717, 1.165) is 25.1 Å². The Morgan fingerprint density at radius 2 is 1.93 bits per heavy atom. The molecule has 2 aromatic carbocycles. The molecule has 3 N–H and O–H groups in total. The van der Waals surface area contributed by atoms with Gasteiger partial charge < -0.3 is 20.7 Å². The molecule has 0 radical (unpaired) electrons. The Labute approximate surface area is 157 Å². The molecule has 1 fully saturated rings. The maximum absolute atomic E-state index is 12.7. The fourth-order valence-corrected chi connectivity index (χ4v) is 3.46. The van der Waals surface area contributed by atoms with Gasteiger partial charge in [0, 0.05) is 36.9 Å². The summed E-state index contributed by atoms with van der Waals surface area (Å²) in [5, 5.41) is 9.89. The number of hydrogen-bond acceptors (Lipinski definition) is 4. The topological polar surface area (TPSA) is 45.3 Å². The molecule has 4 nitrogen and oxygen atoms in total. The second kappa shape index (κ2) is 8.63. The molecule has 2 aromatic rings. The van der Waals surface area contributed by atoms with Crippen molar-refractivity contribution < 1.29 is 17.9 Å². The molecule has 1 aliphatic rings. The highest BCUT2D eigenvalue weighted by Gasteiger charge is 2.32. The molecule has 0 aromatic heterocycles. The van der Waals surface area contributed by atoms with Gasteiger partial charge in [-0.1, -0.05) is 30.3 Å². The lowest BCUT2D eigenvalue weighted by molar-refractivity contribution is -0.274. The molecule has 0 spiro atoms. The first-order valence-corrected chi connectivity index (χ1v) is 9.04. The third-order valence-corrected chi connectivity index (χ3v) is 4.75. The zero-order valence-corrected chi connectivity index (χ0v) is 15.1. The number of anilines is 1. The van der Waals surface area contributed by atoms with Gasteiger partial charge in [0.15, 0.2) is 0 Å². The van der Waals surface area contributed by atoms with Crippen molar-refractivity contribution in [1.82, 2.24) is 10.6 Å². The van der Waals surface area contributed by atoms with Crippen LogP contribution in [0.1, 0.15) is 30.0 Å².